The molecule has 3 aromatic carbocycles. The maximum absolute atomic E-state index is 12.4. The molecule has 2 nitrogen and oxygen atoms in total. The maximum Gasteiger partial charge on any atom is 0.255 e. The summed E-state index contributed by atoms with van der Waals surface area (Å²) in [5.74, 6) is -0.250. The molecule has 1 amide bonds. The molecule has 0 bridgehead atoms. The van der Waals surface area contributed by atoms with E-state index in [1.165, 1.54) is 0 Å². The molecular formula is C19H11Cl3NO. The maximum atomic E-state index is 12.4. The standard InChI is InChI=1S/C19H11Cl3NO/c20-14-4-1-12(2-5-14)17-11-13(3-10-18(17)22)19(24)23-16-8-6-15(21)7-9-16/h1-9,11H,(H,23,24). The van der Waals surface area contributed by atoms with Crippen LogP contribution in [0.3, 0.4) is 0 Å². The molecule has 119 valence electrons. The molecule has 0 atom stereocenters. The highest BCUT2D eigenvalue weighted by Crippen LogP contribution is 2.29. The van der Waals surface area contributed by atoms with Crippen molar-refractivity contribution >= 4 is 46.4 Å². The van der Waals surface area contributed by atoms with Crippen LogP contribution in [0.25, 0.3) is 11.1 Å². The molecule has 0 saturated carbocycles. The van der Waals surface area contributed by atoms with Crippen LogP contribution in [0.15, 0.2) is 60.7 Å². The second-order valence-electron chi connectivity index (χ2n) is 5.08. The van der Waals surface area contributed by atoms with Crippen LogP contribution < -0.4 is 5.32 Å². The molecule has 0 heterocycles. The van der Waals surface area contributed by atoms with Gasteiger partial charge in [-0.25, -0.2) is 0 Å². The minimum absolute atomic E-state index is 0.250. The van der Waals surface area contributed by atoms with Crippen LogP contribution in [0.4, 0.5) is 5.69 Å². The molecule has 5 heteroatoms. The Morgan fingerprint density at radius 1 is 0.875 bits per heavy atom. The average molecular weight is 376 g/mol. The van der Waals surface area contributed by atoms with E-state index in [2.05, 4.69) is 11.4 Å². The number of hydrogen-bond acceptors (Lipinski definition) is 1. The van der Waals surface area contributed by atoms with Crippen molar-refractivity contribution in [3.05, 3.63) is 87.4 Å². The van der Waals surface area contributed by atoms with Gasteiger partial charge in [-0.05, 0) is 54.1 Å². The molecule has 1 N–H and O–H groups in total. The Balaban J connectivity index is 1.88. The molecule has 3 rings (SSSR count). The Hall–Kier alpha value is -2.00. The third-order valence-electron chi connectivity index (χ3n) is 3.41. The molecule has 24 heavy (non-hydrogen) atoms. The largest absolute Gasteiger partial charge is 0.322 e. The predicted octanol–water partition coefficient (Wildman–Crippen LogP) is 6.37. The van der Waals surface area contributed by atoms with Crippen molar-refractivity contribution in [3.8, 4) is 11.1 Å². The van der Waals surface area contributed by atoms with Gasteiger partial charge in [0, 0.05) is 32.9 Å². The van der Waals surface area contributed by atoms with E-state index >= 15 is 0 Å². The first-order valence-corrected chi connectivity index (χ1v) is 8.20. The third-order valence-corrected chi connectivity index (χ3v) is 4.23. The van der Waals surface area contributed by atoms with E-state index in [1.807, 2.05) is 12.1 Å². The molecule has 0 unspecified atom stereocenters. The van der Waals surface area contributed by atoms with Gasteiger partial charge in [-0.2, -0.15) is 0 Å². The summed E-state index contributed by atoms with van der Waals surface area (Å²) in [6.07, 6.45) is 0. The quantitative estimate of drug-likeness (QED) is 0.566. The summed E-state index contributed by atoms with van der Waals surface area (Å²) in [5, 5.41) is 4.50. The van der Waals surface area contributed by atoms with Crippen LogP contribution in [-0.2, 0) is 0 Å². The van der Waals surface area contributed by atoms with Gasteiger partial charge in [-0.1, -0.05) is 46.9 Å². The van der Waals surface area contributed by atoms with Gasteiger partial charge < -0.3 is 5.32 Å². The second-order valence-corrected chi connectivity index (χ2v) is 6.33. The highest BCUT2D eigenvalue weighted by molar-refractivity contribution is 6.33. The number of hydrogen-bond donors (Lipinski definition) is 1. The van der Waals surface area contributed by atoms with Gasteiger partial charge in [-0.3, -0.25) is 4.79 Å². The molecule has 0 saturated heterocycles. The van der Waals surface area contributed by atoms with Crippen molar-refractivity contribution in [2.45, 2.75) is 0 Å². The highest BCUT2D eigenvalue weighted by Gasteiger charge is 2.11. The SMILES string of the molecule is O=C(Nc1ccc(Cl)cc1)c1c[c]c(Cl)c(-c2ccc(Cl)cc2)c1. The summed E-state index contributed by atoms with van der Waals surface area (Å²) in [4.78, 5) is 12.4. The van der Waals surface area contributed by atoms with Crippen LogP contribution >= 0.6 is 34.8 Å². The first kappa shape index (κ1) is 16.8. The average Bonchev–Trinajstić information content (AvgIpc) is 2.58. The van der Waals surface area contributed by atoms with Crippen LogP contribution in [0.5, 0.6) is 0 Å². The fraction of sp³-hybridized carbons (Fsp3) is 0. The fourth-order valence-electron chi connectivity index (χ4n) is 2.19. The van der Waals surface area contributed by atoms with Crippen LogP contribution in [-0.4, -0.2) is 5.91 Å². The van der Waals surface area contributed by atoms with Gasteiger partial charge in [0.15, 0.2) is 0 Å². The Bertz CT molecular complexity index is 874. The molecular weight excluding hydrogens is 365 g/mol. The number of anilines is 1. The van der Waals surface area contributed by atoms with Gasteiger partial charge >= 0.3 is 0 Å². The molecule has 0 aliphatic rings. The summed E-state index contributed by atoms with van der Waals surface area (Å²) in [6.45, 7) is 0. The molecule has 3 aromatic rings. The third kappa shape index (κ3) is 3.90. The predicted molar refractivity (Wildman–Crippen MR) is 100 cm³/mol. The summed E-state index contributed by atoms with van der Waals surface area (Å²) >= 11 is 18.0. The van der Waals surface area contributed by atoms with E-state index in [0.717, 1.165) is 11.1 Å². The van der Waals surface area contributed by atoms with Crippen molar-refractivity contribution in [2.75, 3.05) is 5.32 Å². The number of amides is 1. The number of rotatable bonds is 3. The normalized spacial score (nSPS) is 10.5. The minimum Gasteiger partial charge on any atom is -0.322 e. The summed E-state index contributed by atoms with van der Waals surface area (Å²) in [5.41, 5.74) is 2.70. The number of benzene rings is 3. The molecule has 1 radical (unpaired) electrons. The van der Waals surface area contributed by atoms with Crippen LogP contribution in [0.1, 0.15) is 10.4 Å². The smallest absolute Gasteiger partial charge is 0.255 e. The van der Waals surface area contributed by atoms with Crippen LogP contribution in [0, 0.1) is 6.07 Å². The van der Waals surface area contributed by atoms with E-state index in [-0.39, 0.29) is 5.91 Å². The van der Waals surface area contributed by atoms with E-state index in [4.69, 9.17) is 34.8 Å². The second kappa shape index (κ2) is 7.27. The zero-order chi connectivity index (χ0) is 17.1. The summed E-state index contributed by atoms with van der Waals surface area (Å²) < 4.78 is 0. The number of carbonyl (C=O) groups excluding carboxylic acids is 1. The summed E-state index contributed by atoms with van der Waals surface area (Å²) in [6, 6.07) is 20.3. The minimum atomic E-state index is -0.250. The van der Waals surface area contributed by atoms with E-state index < -0.39 is 0 Å². The molecule has 0 aliphatic heterocycles. The van der Waals surface area contributed by atoms with Gasteiger partial charge in [0.25, 0.3) is 5.91 Å². The van der Waals surface area contributed by atoms with Crippen molar-refractivity contribution < 1.29 is 4.79 Å². The molecule has 0 aromatic heterocycles. The monoisotopic (exact) mass is 374 g/mol. The van der Waals surface area contributed by atoms with Crippen LogP contribution in [0.2, 0.25) is 15.1 Å². The Morgan fingerprint density at radius 3 is 2.08 bits per heavy atom. The number of carbonyl (C=O) groups is 1. The number of nitrogens with one attached hydrogen (secondary N) is 1. The van der Waals surface area contributed by atoms with Crippen molar-refractivity contribution in [1.29, 1.82) is 0 Å². The fourth-order valence-corrected chi connectivity index (χ4v) is 2.66. The zero-order valence-corrected chi connectivity index (χ0v) is 14.6. The lowest BCUT2D eigenvalue weighted by Gasteiger charge is -2.09. The lowest BCUT2D eigenvalue weighted by Crippen LogP contribution is -2.11. The van der Waals surface area contributed by atoms with Gasteiger partial charge in [0.2, 0.25) is 0 Å². The van der Waals surface area contributed by atoms with Gasteiger partial charge in [0.1, 0.15) is 0 Å². The van der Waals surface area contributed by atoms with E-state index in [9.17, 15) is 4.79 Å². The molecule has 0 aliphatic carbocycles. The lowest BCUT2D eigenvalue weighted by atomic mass is 10.0. The topological polar surface area (TPSA) is 29.1 Å². The lowest BCUT2D eigenvalue weighted by molar-refractivity contribution is 0.102. The Labute approximate surface area is 155 Å². The van der Waals surface area contributed by atoms with Crippen molar-refractivity contribution in [3.63, 3.8) is 0 Å². The Morgan fingerprint density at radius 2 is 1.46 bits per heavy atom. The van der Waals surface area contributed by atoms with Gasteiger partial charge in [-0.15, -0.1) is 0 Å². The van der Waals surface area contributed by atoms with E-state index in [1.54, 1.807) is 48.5 Å². The Kier molecular flexibility index (Phi) is 5.10. The van der Waals surface area contributed by atoms with Gasteiger partial charge in [0.05, 0.1) is 5.02 Å². The van der Waals surface area contributed by atoms with Crippen molar-refractivity contribution in [2.24, 2.45) is 0 Å². The van der Waals surface area contributed by atoms with Crippen molar-refractivity contribution in [1.82, 2.24) is 0 Å². The summed E-state index contributed by atoms with van der Waals surface area (Å²) in [7, 11) is 0. The molecule has 0 fully saturated rings. The number of halogens is 3. The first-order valence-electron chi connectivity index (χ1n) is 7.07. The zero-order valence-electron chi connectivity index (χ0n) is 12.3. The first-order chi connectivity index (χ1) is 11.5. The highest BCUT2D eigenvalue weighted by atomic mass is 35.5. The van der Waals surface area contributed by atoms with E-state index in [0.29, 0.717) is 26.3 Å². The molecule has 0 spiro atoms.